The Labute approximate surface area is 106 Å². The van der Waals surface area contributed by atoms with E-state index in [4.69, 9.17) is 0 Å². The Morgan fingerprint density at radius 1 is 1.29 bits per heavy atom. The third-order valence-corrected chi connectivity index (χ3v) is 4.82. The number of rotatable bonds is 7. The Morgan fingerprint density at radius 3 is 2.35 bits per heavy atom. The van der Waals surface area contributed by atoms with Crippen LogP contribution in [0.1, 0.15) is 40.5 Å². The molecule has 0 amide bonds. The van der Waals surface area contributed by atoms with Crippen LogP contribution < -0.4 is 10.0 Å². The molecule has 1 aliphatic carbocycles. The molecule has 0 heterocycles. The standard InChI is InChI=1S/C12H26N2O2S/c1-10(12(2,3)4)9-14-17(15,16)8-7-13-11-5-6-11/h10-11,13-14H,5-9H2,1-4H3. The van der Waals surface area contributed by atoms with Crippen molar-refractivity contribution in [2.24, 2.45) is 11.3 Å². The van der Waals surface area contributed by atoms with Gasteiger partial charge in [0.2, 0.25) is 10.0 Å². The molecule has 0 saturated heterocycles. The number of nitrogens with one attached hydrogen (secondary N) is 2. The Morgan fingerprint density at radius 2 is 1.88 bits per heavy atom. The van der Waals surface area contributed by atoms with E-state index in [1.807, 2.05) is 0 Å². The average molecular weight is 262 g/mol. The number of sulfonamides is 1. The highest BCUT2D eigenvalue weighted by atomic mass is 32.2. The van der Waals surface area contributed by atoms with E-state index in [1.54, 1.807) is 0 Å². The van der Waals surface area contributed by atoms with Gasteiger partial charge in [-0.15, -0.1) is 0 Å². The van der Waals surface area contributed by atoms with Gasteiger partial charge in [0.1, 0.15) is 0 Å². The molecule has 0 spiro atoms. The molecule has 1 aliphatic rings. The zero-order valence-electron chi connectivity index (χ0n) is 11.4. The maximum absolute atomic E-state index is 11.7. The molecule has 4 nitrogen and oxygen atoms in total. The van der Waals surface area contributed by atoms with Crippen LogP contribution in [0.25, 0.3) is 0 Å². The summed E-state index contributed by atoms with van der Waals surface area (Å²) in [5, 5.41) is 3.21. The minimum atomic E-state index is -3.12. The quantitative estimate of drug-likeness (QED) is 0.728. The molecule has 0 aromatic carbocycles. The van der Waals surface area contributed by atoms with Gasteiger partial charge in [0.05, 0.1) is 5.75 Å². The lowest BCUT2D eigenvalue weighted by Crippen LogP contribution is -2.37. The third kappa shape index (κ3) is 6.38. The van der Waals surface area contributed by atoms with Gasteiger partial charge < -0.3 is 5.32 Å². The summed E-state index contributed by atoms with van der Waals surface area (Å²) in [7, 11) is -3.12. The Hall–Kier alpha value is -0.130. The van der Waals surface area contributed by atoms with Crippen LogP contribution in [0, 0.1) is 11.3 Å². The molecule has 0 aromatic rings. The van der Waals surface area contributed by atoms with Crippen LogP contribution in [0.3, 0.4) is 0 Å². The monoisotopic (exact) mass is 262 g/mol. The maximum Gasteiger partial charge on any atom is 0.212 e. The van der Waals surface area contributed by atoms with Crippen molar-refractivity contribution >= 4 is 10.0 Å². The van der Waals surface area contributed by atoms with Gasteiger partial charge in [-0.2, -0.15) is 0 Å². The van der Waals surface area contributed by atoms with Crippen molar-refractivity contribution in [1.82, 2.24) is 10.0 Å². The fraction of sp³-hybridized carbons (Fsp3) is 1.00. The summed E-state index contributed by atoms with van der Waals surface area (Å²) in [6.07, 6.45) is 2.38. The molecule has 1 fully saturated rings. The summed E-state index contributed by atoms with van der Waals surface area (Å²) in [4.78, 5) is 0. The van der Waals surface area contributed by atoms with E-state index >= 15 is 0 Å². The van der Waals surface area contributed by atoms with Gasteiger partial charge in [-0.25, -0.2) is 13.1 Å². The normalized spacial score (nSPS) is 19.3. The first-order valence-corrected chi connectivity index (χ1v) is 8.06. The highest BCUT2D eigenvalue weighted by Crippen LogP contribution is 2.24. The molecular formula is C12H26N2O2S. The predicted octanol–water partition coefficient (Wildman–Crippen LogP) is 1.34. The fourth-order valence-corrected chi connectivity index (χ4v) is 2.35. The fourth-order valence-electron chi connectivity index (χ4n) is 1.32. The van der Waals surface area contributed by atoms with Crippen molar-refractivity contribution in [1.29, 1.82) is 0 Å². The van der Waals surface area contributed by atoms with Crippen molar-refractivity contribution in [3.63, 3.8) is 0 Å². The minimum absolute atomic E-state index is 0.134. The third-order valence-electron chi connectivity index (χ3n) is 3.47. The summed E-state index contributed by atoms with van der Waals surface area (Å²) in [6, 6.07) is 0.568. The van der Waals surface area contributed by atoms with E-state index in [-0.39, 0.29) is 11.2 Å². The average Bonchev–Trinajstić information content (AvgIpc) is 2.96. The van der Waals surface area contributed by atoms with Crippen LogP contribution in [0.4, 0.5) is 0 Å². The van der Waals surface area contributed by atoms with Gasteiger partial charge in [-0.1, -0.05) is 27.7 Å². The van der Waals surface area contributed by atoms with E-state index in [0.29, 0.717) is 25.0 Å². The van der Waals surface area contributed by atoms with Gasteiger partial charge in [-0.3, -0.25) is 0 Å². The van der Waals surface area contributed by atoms with Crippen LogP contribution in [-0.2, 0) is 10.0 Å². The second-order valence-corrected chi connectivity index (χ2v) is 8.09. The molecule has 0 bridgehead atoms. The van der Waals surface area contributed by atoms with Crippen molar-refractivity contribution < 1.29 is 8.42 Å². The van der Waals surface area contributed by atoms with E-state index in [9.17, 15) is 8.42 Å². The second kappa shape index (κ2) is 5.67. The highest BCUT2D eigenvalue weighted by Gasteiger charge is 2.23. The van der Waals surface area contributed by atoms with Crippen molar-refractivity contribution in [2.45, 2.75) is 46.6 Å². The van der Waals surface area contributed by atoms with Crippen molar-refractivity contribution in [3.8, 4) is 0 Å². The topological polar surface area (TPSA) is 58.2 Å². The van der Waals surface area contributed by atoms with E-state index in [0.717, 1.165) is 0 Å². The zero-order valence-corrected chi connectivity index (χ0v) is 12.2. The predicted molar refractivity (Wildman–Crippen MR) is 71.4 cm³/mol. The highest BCUT2D eigenvalue weighted by molar-refractivity contribution is 7.89. The molecule has 0 aromatic heterocycles. The smallest absolute Gasteiger partial charge is 0.212 e. The molecule has 5 heteroatoms. The summed E-state index contributed by atoms with van der Waals surface area (Å²) < 4.78 is 26.1. The number of hydrogen-bond donors (Lipinski definition) is 2. The minimum Gasteiger partial charge on any atom is -0.313 e. The zero-order chi connectivity index (χ0) is 13.1. The van der Waals surface area contributed by atoms with E-state index in [1.165, 1.54) is 12.8 Å². The SMILES string of the molecule is CC(CNS(=O)(=O)CCNC1CC1)C(C)(C)C. The summed E-state index contributed by atoms with van der Waals surface area (Å²) in [6.45, 7) is 9.53. The first-order valence-electron chi connectivity index (χ1n) is 6.41. The van der Waals surface area contributed by atoms with Gasteiger partial charge in [0.15, 0.2) is 0 Å². The van der Waals surface area contributed by atoms with Crippen LogP contribution in [0.5, 0.6) is 0 Å². The van der Waals surface area contributed by atoms with Gasteiger partial charge in [0.25, 0.3) is 0 Å². The largest absolute Gasteiger partial charge is 0.313 e. The van der Waals surface area contributed by atoms with Gasteiger partial charge in [0, 0.05) is 19.1 Å². The van der Waals surface area contributed by atoms with Gasteiger partial charge >= 0.3 is 0 Å². The lowest BCUT2D eigenvalue weighted by molar-refractivity contribution is 0.263. The van der Waals surface area contributed by atoms with Crippen LogP contribution in [-0.4, -0.2) is 33.3 Å². The summed E-state index contributed by atoms with van der Waals surface area (Å²) in [5.41, 5.74) is 0.134. The van der Waals surface area contributed by atoms with Crippen LogP contribution in [0.2, 0.25) is 0 Å². The second-order valence-electron chi connectivity index (χ2n) is 6.16. The molecule has 1 saturated carbocycles. The molecule has 102 valence electrons. The first kappa shape index (κ1) is 14.9. The van der Waals surface area contributed by atoms with Crippen molar-refractivity contribution in [2.75, 3.05) is 18.8 Å². The van der Waals surface area contributed by atoms with Crippen molar-refractivity contribution in [3.05, 3.63) is 0 Å². The molecule has 0 radical (unpaired) electrons. The Bertz CT molecular complexity index is 329. The molecular weight excluding hydrogens is 236 g/mol. The lowest BCUT2D eigenvalue weighted by atomic mass is 9.82. The Balaban J connectivity index is 2.23. The molecule has 1 unspecified atom stereocenters. The molecule has 2 N–H and O–H groups in total. The lowest BCUT2D eigenvalue weighted by Gasteiger charge is -2.27. The summed E-state index contributed by atoms with van der Waals surface area (Å²) in [5.74, 6) is 0.508. The van der Waals surface area contributed by atoms with Crippen LogP contribution >= 0.6 is 0 Å². The molecule has 0 aliphatic heterocycles. The Kier molecular flexibility index (Phi) is 4.98. The van der Waals surface area contributed by atoms with E-state index in [2.05, 4.69) is 37.7 Å². The summed E-state index contributed by atoms with van der Waals surface area (Å²) >= 11 is 0. The number of hydrogen-bond acceptors (Lipinski definition) is 3. The maximum atomic E-state index is 11.7. The van der Waals surface area contributed by atoms with Gasteiger partial charge in [-0.05, 0) is 24.2 Å². The molecule has 17 heavy (non-hydrogen) atoms. The molecule has 1 atom stereocenters. The van der Waals surface area contributed by atoms with E-state index < -0.39 is 10.0 Å². The first-order chi connectivity index (χ1) is 7.71. The molecule has 1 rings (SSSR count). The van der Waals surface area contributed by atoms with Crippen LogP contribution in [0.15, 0.2) is 0 Å².